The van der Waals surface area contributed by atoms with Crippen molar-refractivity contribution in [3.63, 3.8) is 0 Å². The van der Waals surface area contributed by atoms with Crippen molar-refractivity contribution in [2.24, 2.45) is 4.99 Å². The normalized spacial score (nSPS) is 16.1. The van der Waals surface area contributed by atoms with E-state index in [0.717, 1.165) is 5.56 Å². The summed E-state index contributed by atoms with van der Waals surface area (Å²) in [5.74, 6) is -0.554. The Kier molecular flexibility index (Phi) is 5.66. The molecule has 32 heavy (non-hydrogen) atoms. The van der Waals surface area contributed by atoms with Crippen molar-refractivity contribution < 1.29 is 9.59 Å². The molecule has 3 aromatic rings. The summed E-state index contributed by atoms with van der Waals surface area (Å²) in [6, 6.07) is 23.6. The molecule has 0 saturated heterocycles. The van der Waals surface area contributed by atoms with E-state index in [0.29, 0.717) is 28.2 Å². The molecule has 0 saturated carbocycles. The number of aryl methyl sites for hydroxylation is 1. The summed E-state index contributed by atoms with van der Waals surface area (Å²) < 4.78 is 0. The van der Waals surface area contributed by atoms with Gasteiger partial charge in [-0.25, -0.2) is 4.99 Å². The molecule has 0 bridgehead atoms. The average Bonchev–Trinajstić information content (AvgIpc) is 2.88. The monoisotopic (exact) mass is 425 g/mol. The molecule has 2 amide bonds. The summed E-state index contributed by atoms with van der Waals surface area (Å²) in [7, 11) is 0. The summed E-state index contributed by atoms with van der Waals surface area (Å²) in [4.78, 5) is 34.1. The molecule has 1 aliphatic heterocycles. The predicted octanol–water partition coefficient (Wildman–Crippen LogP) is 5.12. The highest BCUT2D eigenvalue weighted by Gasteiger charge is 2.40. The van der Waals surface area contributed by atoms with Crippen LogP contribution in [0.1, 0.15) is 43.5 Å². The molecule has 0 spiro atoms. The number of rotatable bonds is 3. The number of hydrogen-bond acceptors (Lipinski definition) is 3. The highest BCUT2D eigenvalue weighted by molar-refractivity contribution is 6.50. The molecule has 1 N–H and O–H groups in total. The van der Waals surface area contributed by atoms with Gasteiger partial charge in [-0.15, -0.1) is 0 Å². The standard InChI is InChI=1S/C27H27N3O2/c1-18-12-8-11-17-22(18)30-24(25(31)29-27(2,3)4)20-15-9-10-16-21(20)28-23(26(30)32)19-13-6-5-7-14-19/h5-17,24H,1-4H3,(H,29,31). The van der Waals surface area contributed by atoms with Gasteiger partial charge in [0, 0.05) is 22.4 Å². The van der Waals surface area contributed by atoms with Gasteiger partial charge in [0.25, 0.3) is 5.91 Å². The van der Waals surface area contributed by atoms with Crippen LogP contribution >= 0.6 is 0 Å². The number of nitrogens with one attached hydrogen (secondary N) is 1. The second kappa shape index (κ2) is 8.42. The van der Waals surface area contributed by atoms with Gasteiger partial charge < -0.3 is 5.32 Å². The summed E-state index contributed by atoms with van der Waals surface area (Å²) in [6.45, 7) is 7.73. The summed E-state index contributed by atoms with van der Waals surface area (Å²) >= 11 is 0. The first-order valence-electron chi connectivity index (χ1n) is 10.7. The summed E-state index contributed by atoms with van der Waals surface area (Å²) in [5, 5.41) is 3.07. The molecule has 0 aliphatic carbocycles. The molecule has 3 aromatic carbocycles. The zero-order valence-corrected chi connectivity index (χ0v) is 18.8. The minimum Gasteiger partial charge on any atom is -0.349 e. The molecule has 0 aromatic heterocycles. The SMILES string of the molecule is Cc1ccccc1N1C(=O)C(c2ccccc2)=Nc2ccccc2C1C(=O)NC(C)(C)C. The van der Waals surface area contributed by atoms with E-state index in [2.05, 4.69) is 5.32 Å². The van der Waals surface area contributed by atoms with E-state index in [4.69, 9.17) is 4.99 Å². The van der Waals surface area contributed by atoms with Crippen LogP contribution in [0.5, 0.6) is 0 Å². The molecule has 5 nitrogen and oxygen atoms in total. The molecule has 4 rings (SSSR count). The second-order valence-corrected chi connectivity index (χ2v) is 8.99. The maximum Gasteiger partial charge on any atom is 0.278 e. The Bertz CT molecular complexity index is 1190. The molecular formula is C27H27N3O2. The lowest BCUT2D eigenvalue weighted by Crippen LogP contribution is -2.50. The van der Waals surface area contributed by atoms with Crippen LogP contribution in [-0.2, 0) is 9.59 Å². The van der Waals surface area contributed by atoms with E-state index in [-0.39, 0.29) is 11.8 Å². The number of aliphatic imine (C=N–C) groups is 1. The Balaban J connectivity index is 1.98. The maximum atomic E-state index is 14.1. The number of nitrogens with zero attached hydrogens (tertiary/aromatic N) is 2. The van der Waals surface area contributed by atoms with Crippen molar-refractivity contribution in [1.82, 2.24) is 5.32 Å². The van der Waals surface area contributed by atoms with Gasteiger partial charge in [0.1, 0.15) is 11.8 Å². The second-order valence-electron chi connectivity index (χ2n) is 8.99. The lowest BCUT2D eigenvalue weighted by molar-refractivity contribution is -0.126. The Morgan fingerprint density at radius 1 is 0.906 bits per heavy atom. The molecule has 5 heteroatoms. The molecular weight excluding hydrogens is 398 g/mol. The number of carbonyl (C=O) groups is 2. The lowest BCUT2D eigenvalue weighted by Gasteiger charge is -2.33. The fourth-order valence-electron chi connectivity index (χ4n) is 3.92. The van der Waals surface area contributed by atoms with Crippen LogP contribution in [0.4, 0.5) is 11.4 Å². The van der Waals surface area contributed by atoms with Crippen LogP contribution in [0, 0.1) is 6.92 Å². The van der Waals surface area contributed by atoms with Crippen molar-refractivity contribution in [2.45, 2.75) is 39.3 Å². The largest absolute Gasteiger partial charge is 0.349 e. The zero-order valence-electron chi connectivity index (χ0n) is 18.8. The van der Waals surface area contributed by atoms with Gasteiger partial charge in [0.15, 0.2) is 0 Å². The molecule has 1 atom stereocenters. The van der Waals surface area contributed by atoms with Crippen LogP contribution in [0.3, 0.4) is 0 Å². The van der Waals surface area contributed by atoms with Crippen molar-refractivity contribution >= 4 is 28.9 Å². The van der Waals surface area contributed by atoms with Crippen LogP contribution in [0.25, 0.3) is 0 Å². The van der Waals surface area contributed by atoms with Crippen molar-refractivity contribution in [3.05, 3.63) is 95.6 Å². The lowest BCUT2D eigenvalue weighted by atomic mass is 9.98. The molecule has 1 aliphatic rings. The van der Waals surface area contributed by atoms with Crippen molar-refractivity contribution in [2.75, 3.05) is 4.90 Å². The minimum absolute atomic E-state index is 0.244. The van der Waals surface area contributed by atoms with Crippen molar-refractivity contribution in [3.8, 4) is 0 Å². The molecule has 1 unspecified atom stereocenters. The first kappa shape index (κ1) is 21.5. The highest BCUT2D eigenvalue weighted by Crippen LogP contribution is 2.38. The van der Waals surface area contributed by atoms with Gasteiger partial charge in [0.05, 0.1) is 5.69 Å². The summed E-state index contributed by atoms with van der Waals surface area (Å²) in [5.41, 5.74) is 3.46. The van der Waals surface area contributed by atoms with E-state index in [1.165, 1.54) is 0 Å². The van der Waals surface area contributed by atoms with Gasteiger partial charge >= 0.3 is 0 Å². The third kappa shape index (κ3) is 4.19. The van der Waals surface area contributed by atoms with E-state index < -0.39 is 11.6 Å². The topological polar surface area (TPSA) is 61.8 Å². The maximum absolute atomic E-state index is 14.1. The van der Waals surface area contributed by atoms with Crippen molar-refractivity contribution in [1.29, 1.82) is 0 Å². The molecule has 0 fully saturated rings. The van der Waals surface area contributed by atoms with Crippen LogP contribution < -0.4 is 10.2 Å². The van der Waals surface area contributed by atoms with Gasteiger partial charge in [-0.2, -0.15) is 0 Å². The van der Waals surface area contributed by atoms with Crippen LogP contribution in [-0.4, -0.2) is 23.1 Å². The quantitative estimate of drug-likeness (QED) is 0.633. The average molecular weight is 426 g/mol. The van der Waals surface area contributed by atoms with Gasteiger partial charge in [-0.1, -0.05) is 66.7 Å². The number of fused-ring (bicyclic) bond motifs is 1. The Labute approximate surface area is 188 Å². The highest BCUT2D eigenvalue weighted by atomic mass is 16.2. The third-order valence-corrected chi connectivity index (χ3v) is 5.31. The number of para-hydroxylation sites is 2. The third-order valence-electron chi connectivity index (χ3n) is 5.31. The minimum atomic E-state index is -0.857. The predicted molar refractivity (Wildman–Crippen MR) is 128 cm³/mol. The summed E-state index contributed by atoms with van der Waals surface area (Å²) in [6.07, 6.45) is 0. The Hall–Kier alpha value is -3.73. The number of anilines is 1. The van der Waals surface area contributed by atoms with E-state index in [1.807, 2.05) is 107 Å². The van der Waals surface area contributed by atoms with Crippen LogP contribution in [0.2, 0.25) is 0 Å². The number of hydrogen-bond donors (Lipinski definition) is 1. The fraction of sp³-hybridized carbons (Fsp3) is 0.222. The van der Waals surface area contributed by atoms with E-state index in [1.54, 1.807) is 4.90 Å². The van der Waals surface area contributed by atoms with Gasteiger partial charge in [-0.3, -0.25) is 14.5 Å². The number of benzene rings is 3. The first-order chi connectivity index (χ1) is 15.3. The van der Waals surface area contributed by atoms with E-state index in [9.17, 15) is 9.59 Å². The smallest absolute Gasteiger partial charge is 0.278 e. The molecule has 0 radical (unpaired) electrons. The van der Waals surface area contributed by atoms with Gasteiger partial charge in [0.2, 0.25) is 5.91 Å². The fourth-order valence-corrected chi connectivity index (χ4v) is 3.92. The van der Waals surface area contributed by atoms with Crippen LogP contribution in [0.15, 0.2) is 83.9 Å². The van der Waals surface area contributed by atoms with E-state index >= 15 is 0 Å². The number of carbonyl (C=O) groups excluding carboxylic acids is 2. The van der Waals surface area contributed by atoms with Gasteiger partial charge in [-0.05, 0) is 45.4 Å². The number of amides is 2. The first-order valence-corrected chi connectivity index (χ1v) is 10.7. The molecule has 162 valence electrons. The molecule has 1 heterocycles. The zero-order chi connectivity index (χ0) is 22.9. The Morgan fingerprint density at radius 2 is 1.53 bits per heavy atom. The Morgan fingerprint density at radius 3 is 2.22 bits per heavy atom.